The van der Waals surface area contributed by atoms with E-state index in [9.17, 15) is 0 Å². The van der Waals surface area contributed by atoms with Gasteiger partial charge in [0.05, 0.1) is 7.11 Å². The van der Waals surface area contributed by atoms with Gasteiger partial charge in [-0.3, -0.25) is 0 Å². The fraction of sp³-hybridized carbons (Fsp3) is 0.333. The van der Waals surface area contributed by atoms with Crippen molar-refractivity contribution in [2.75, 3.05) is 7.11 Å². The third-order valence-corrected chi connectivity index (χ3v) is 1.60. The fourth-order valence-corrected chi connectivity index (χ4v) is 0.902. The van der Waals surface area contributed by atoms with E-state index in [-0.39, 0.29) is 0 Å². The molecule has 68 valence electrons. The zero-order valence-corrected chi connectivity index (χ0v) is 8.29. The first-order valence-electron chi connectivity index (χ1n) is 4.38. The van der Waals surface area contributed by atoms with E-state index in [0.29, 0.717) is 5.92 Å². The summed E-state index contributed by atoms with van der Waals surface area (Å²) in [7, 11) is 1.66. The summed E-state index contributed by atoms with van der Waals surface area (Å²) in [4.78, 5) is 0. The van der Waals surface area contributed by atoms with Crippen molar-refractivity contribution < 1.29 is 4.74 Å². The maximum atomic E-state index is 5.05. The molecule has 0 unspecified atom stereocenters. The van der Waals surface area contributed by atoms with Crippen molar-refractivity contribution >= 4 is 0 Å². The van der Waals surface area contributed by atoms with Crippen LogP contribution in [0.3, 0.4) is 0 Å². The monoisotopic (exact) mass is 174 g/mol. The Morgan fingerprint density at radius 2 is 1.77 bits per heavy atom. The highest BCUT2D eigenvalue weighted by Crippen LogP contribution is 2.10. The number of hydrogen-bond acceptors (Lipinski definition) is 1. The van der Waals surface area contributed by atoms with E-state index in [1.54, 1.807) is 7.11 Å². The van der Waals surface area contributed by atoms with Crippen LogP contribution in [0.1, 0.15) is 19.4 Å². The quantitative estimate of drug-likeness (QED) is 0.595. The first-order valence-corrected chi connectivity index (χ1v) is 4.38. The molecule has 0 atom stereocenters. The van der Waals surface area contributed by atoms with Gasteiger partial charge >= 0.3 is 0 Å². The van der Waals surface area contributed by atoms with E-state index in [0.717, 1.165) is 11.3 Å². The van der Waals surface area contributed by atoms with Gasteiger partial charge in [-0.25, -0.2) is 0 Å². The molecule has 0 heterocycles. The highest BCUT2D eigenvalue weighted by molar-refractivity contribution is 5.38. The molecule has 0 bridgehead atoms. The van der Waals surface area contributed by atoms with E-state index >= 15 is 0 Å². The molecule has 1 nitrogen and oxygen atoms in total. The Morgan fingerprint density at radius 3 is 2.23 bits per heavy atom. The predicted octanol–water partition coefficient (Wildman–Crippen LogP) is 2.70. The fourth-order valence-electron chi connectivity index (χ4n) is 0.902. The minimum absolute atomic E-state index is 0.419. The standard InChI is InChI=1S/C12H14O/c1-10(2)4-5-11-6-8-12(13-3)9-7-11/h6-10H,1-3H3. The van der Waals surface area contributed by atoms with E-state index in [2.05, 4.69) is 25.7 Å². The molecular weight excluding hydrogens is 160 g/mol. The normalized spacial score (nSPS) is 9.23. The number of hydrogen-bond donors (Lipinski definition) is 0. The summed E-state index contributed by atoms with van der Waals surface area (Å²) >= 11 is 0. The van der Waals surface area contributed by atoms with Gasteiger partial charge in [-0.15, -0.1) is 0 Å². The van der Waals surface area contributed by atoms with E-state index in [1.807, 2.05) is 24.3 Å². The number of methoxy groups -OCH3 is 1. The summed E-state index contributed by atoms with van der Waals surface area (Å²) in [6.45, 7) is 4.16. The van der Waals surface area contributed by atoms with Crippen molar-refractivity contribution in [3.63, 3.8) is 0 Å². The smallest absolute Gasteiger partial charge is 0.118 e. The Hall–Kier alpha value is -1.42. The molecule has 0 aliphatic carbocycles. The predicted molar refractivity (Wildman–Crippen MR) is 54.7 cm³/mol. The highest BCUT2D eigenvalue weighted by atomic mass is 16.5. The molecule has 0 fully saturated rings. The summed E-state index contributed by atoms with van der Waals surface area (Å²) in [6, 6.07) is 7.77. The first kappa shape index (κ1) is 9.67. The average Bonchev–Trinajstić information content (AvgIpc) is 2.15. The SMILES string of the molecule is COc1ccc(C#CC(C)C)cc1. The minimum Gasteiger partial charge on any atom is -0.497 e. The lowest BCUT2D eigenvalue weighted by Crippen LogP contribution is -1.83. The van der Waals surface area contributed by atoms with Crippen LogP contribution in [0.5, 0.6) is 5.75 Å². The second-order valence-electron chi connectivity index (χ2n) is 3.15. The summed E-state index contributed by atoms with van der Waals surface area (Å²) in [5.74, 6) is 7.49. The number of rotatable bonds is 1. The van der Waals surface area contributed by atoms with Crippen LogP contribution in [-0.2, 0) is 0 Å². The van der Waals surface area contributed by atoms with Gasteiger partial charge in [0, 0.05) is 11.5 Å². The molecule has 0 aromatic heterocycles. The average molecular weight is 174 g/mol. The Bertz CT molecular complexity index is 311. The Kier molecular flexibility index (Phi) is 3.40. The minimum atomic E-state index is 0.419. The lowest BCUT2D eigenvalue weighted by molar-refractivity contribution is 0.415. The van der Waals surface area contributed by atoms with Crippen LogP contribution in [0.4, 0.5) is 0 Å². The van der Waals surface area contributed by atoms with Gasteiger partial charge in [0.1, 0.15) is 5.75 Å². The summed E-state index contributed by atoms with van der Waals surface area (Å²) in [5, 5.41) is 0. The molecule has 0 N–H and O–H groups in total. The maximum Gasteiger partial charge on any atom is 0.118 e. The Labute approximate surface area is 79.7 Å². The highest BCUT2D eigenvalue weighted by Gasteiger charge is 1.89. The van der Waals surface area contributed by atoms with Crippen molar-refractivity contribution in [3.8, 4) is 17.6 Å². The second-order valence-corrected chi connectivity index (χ2v) is 3.15. The number of ether oxygens (including phenoxy) is 1. The third-order valence-electron chi connectivity index (χ3n) is 1.60. The number of benzene rings is 1. The van der Waals surface area contributed by atoms with Gasteiger partial charge in [-0.05, 0) is 24.3 Å². The molecule has 0 amide bonds. The van der Waals surface area contributed by atoms with Crippen molar-refractivity contribution in [3.05, 3.63) is 29.8 Å². The van der Waals surface area contributed by atoms with Gasteiger partial charge in [-0.1, -0.05) is 25.7 Å². The van der Waals surface area contributed by atoms with Crippen molar-refractivity contribution in [1.29, 1.82) is 0 Å². The lowest BCUT2D eigenvalue weighted by Gasteiger charge is -1.97. The van der Waals surface area contributed by atoms with Crippen LogP contribution in [0, 0.1) is 17.8 Å². The van der Waals surface area contributed by atoms with Crippen LogP contribution >= 0.6 is 0 Å². The molecule has 13 heavy (non-hydrogen) atoms. The second kappa shape index (κ2) is 4.57. The molecule has 0 radical (unpaired) electrons. The Morgan fingerprint density at radius 1 is 1.15 bits per heavy atom. The molecule has 0 saturated carbocycles. The van der Waals surface area contributed by atoms with E-state index in [1.165, 1.54) is 0 Å². The largest absolute Gasteiger partial charge is 0.497 e. The van der Waals surface area contributed by atoms with Crippen molar-refractivity contribution in [1.82, 2.24) is 0 Å². The van der Waals surface area contributed by atoms with Gasteiger partial charge < -0.3 is 4.74 Å². The van der Waals surface area contributed by atoms with E-state index in [4.69, 9.17) is 4.74 Å². The first-order chi connectivity index (χ1) is 6.22. The topological polar surface area (TPSA) is 9.23 Å². The Balaban J connectivity index is 2.77. The molecule has 0 spiro atoms. The van der Waals surface area contributed by atoms with Gasteiger partial charge in [-0.2, -0.15) is 0 Å². The van der Waals surface area contributed by atoms with Gasteiger partial charge in [0.15, 0.2) is 0 Å². The third kappa shape index (κ3) is 3.21. The molecule has 1 aromatic carbocycles. The zero-order valence-electron chi connectivity index (χ0n) is 8.29. The van der Waals surface area contributed by atoms with Crippen molar-refractivity contribution in [2.24, 2.45) is 5.92 Å². The molecule has 0 aliphatic rings. The molecule has 0 saturated heterocycles. The molecular formula is C12H14O. The molecule has 0 aliphatic heterocycles. The zero-order chi connectivity index (χ0) is 9.68. The maximum absolute atomic E-state index is 5.05. The van der Waals surface area contributed by atoms with Gasteiger partial charge in [0.2, 0.25) is 0 Å². The van der Waals surface area contributed by atoms with Crippen LogP contribution in [0.2, 0.25) is 0 Å². The molecule has 1 rings (SSSR count). The van der Waals surface area contributed by atoms with Crippen molar-refractivity contribution in [2.45, 2.75) is 13.8 Å². The van der Waals surface area contributed by atoms with Crippen LogP contribution in [0.25, 0.3) is 0 Å². The lowest BCUT2D eigenvalue weighted by atomic mass is 10.2. The van der Waals surface area contributed by atoms with Gasteiger partial charge in [0.25, 0.3) is 0 Å². The molecule has 1 aromatic rings. The summed E-state index contributed by atoms with van der Waals surface area (Å²) in [6.07, 6.45) is 0. The summed E-state index contributed by atoms with van der Waals surface area (Å²) < 4.78 is 5.05. The van der Waals surface area contributed by atoms with Crippen LogP contribution in [0.15, 0.2) is 24.3 Å². The van der Waals surface area contributed by atoms with Crippen LogP contribution in [-0.4, -0.2) is 7.11 Å². The molecule has 1 heteroatoms. The van der Waals surface area contributed by atoms with Crippen LogP contribution < -0.4 is 4.74 Å². The summed E-state index contributed by atoms with van der Waals surface area (Å²) in [5.41, 5.74) is 1.04. The van der Waals surface area contributed by atoms with E-state index < -0.39 is 0 Å².